The first-order valence-electron chi connectivity index (χ1n) is 11.1. The predicted octanol–water partition coefficient (Wildman–Crippen LogP) is 3.20. The van der Waals surface area contributed by atoms with Crippen LogP contribution in [-0.2, 0) is 9.59 Å². The molecule has 1 saturated heterocycles. The lowest BCUT2D eigenvalue weighted by Gasteiger charge is -2.36. The van der Waals surface area contributed by atoms with Gasteiger partial charge in [-0.15, -0.1) is 0 Å². The van der Waals surface area contributed by atoms with Crippen LogP contribution >= 0.6 is 0 Å². The van der Waals surface area contributed by atoms with Gasteiger partial charge >= 0.3 is 0 Å². The number of hydrogen-bond acceptors (Lipinski definition) is 6. The van der Waals surface area contributed by atoms with Crippen molar-refractivity contribution >= 4 is 29.0 Å². The Balaban J connectivity index is 1.51. The highest BCUT2D eigenvalue weighted by molar-refractivity contribution is 6.45. The Bertz CT molecular complexity index is 1230. The fourth-order valence-electron chi connectivity index (χ4n) is 4.54. The molecule has 2 amide bonds. The second-order valence-electron chi connectivity index (χ2n) is 8.35. The van der Waals surface area contributed by atoms with Gasteiger partial charge in [-0.25, -0.2) is 14.9 Å². The molecule has 33 heavy (non-hydrogen) atoms. The number of carbonyl (C=O) groups excluding carboxylic acids is 2. The van der Waals surface area contributed by atoms with Gasteiger partial charge in [0.2, 0.25) is 5.95 Å². The maximum atomic E-state index is 13.8. The zero-order valence-corrected chi connectivity index (χ0v) is 18.7. The summed E-state index contributed by atoms with van der Waals surface area (Å²) in [4.78, 5) is 41.6. The first-order valence-corrected chi connectivity index (χ1v) is 11.1. The number of carbonyl (C=O) groups is 2. The van der Waals surface area contributed by atoms with Crippen molar-refractivity contribution in [2.75, 3.05) is 36.0 Å². The Labute approximate surface area is 193 Å². The number of aromatic nitrogens is 2. The van der Waals surface area contributed by atoms with Gasteiger partial charge in [0.25, 0.3) is 11.8 Å². The normalized spacial score (nSPS) is 16.7. The summed E-state index contributed by atoms with van der Waals surface area (Å²) in [5, 5.41) is 0. The Morgan fingerprint density at radius 2 is 1.42 bits per heavy atom. The summed E-state index contributed by atoms with van der Waals surface area (Å²) in [6.45, 7) is 6.47. The summed E-state index contributed by atoms with van der Waals surface area (Å²) in [6, 6.07) is 17.0. The molecule has 0 unspecified atom stereocenters. The van der Waals surface area contributed by atoms with Crippen LogP contribution in [0, 0.1) is 13.8 Å². The van der Waals surface area contributed by atoms with Crippen LogP contribution in [0.5, 0.6) is 0 Å². The minimum Gasteiger partial charge on any atom is -0.363 e. The van der Waals surface area contributed by atoms with Gasteiger partial charge < -0.3 is 9.80 Å². The van der Waals surface area contributed by atoms with Crippen LogP contribution in [0.25, 0.3) is 5.57 Å². The van der Waals surface area contributed by atoms with E-state index < -0.39 is 0 Å². The van der Waals surface area contributed by atoms with E-state index in [0.717, 1.165) is 16.7 Å². The monoisotopic (exact) mass is 439 g/mol. The number of amides is 2. The molecule has 0 N–H and O–H groups in total. The predicted molar refractivity (Wildman–Crippen MR) is 128 cm³/mol. The molecule has 3 aromatic rings. The first kappa shape index (κ1) is 20.9. The van der Waals surface area contributed by atoms with Crippen molar-refractivity contribution in [2.24, 2.45) is 0 Å². The molecule has 0 atom stereocenters. The third-order valence-corrected chi connectivity index (χ3v) is 6.15. The topological polar surface area (TPSA) is 69.6 Å². The number of anilines is 2. The van der Waals surface area contributed by atoms with Crippen LogP contribution in [0.4, 0.5) is 11.6 Å². The molecule has 0 spiro atoms. The van der Waals surface area contributed by atoms with Crippen molar-refractivity contribution in [1.29, 1.82) is 0 Å². The summed E-state index contributed by atoms with van der Waals surface area (Å²) >= 11 is 0. The van der Waals surface area contributed by atoms with Gasteiger partial charge in [-0.1, -0.05) is 48.0 Å². The van der Waals surface area contributed by atoms with Crippen LogP contribution in [0.3, 0.4) is 0 Å². The zero-order valence-electron chi connectivity index (χ0n) is 18.7. The van der Waals surface area contributed by atoms with Crippen LogP contribution in [0.1, 0.15) is 16.7 Å². The molecule has 0 bridgehead atoms. The molecule has 1 aromatic heterocycles. The van der Waals surface area contributed by atoms with Crippen molar-refractivity contribution < 1.29 is 9.59 Å². The molecule has 0 radical (unpaired) electrons. The standard InChI is InChI=1S/C26H25N5O2/c1-18-9-10-21(19(2)17-18)31-24(32)22(20-7-4-3-5-8-20)23(25(31)33)29-13-15-30(16-14-29)26-27-11-6-12-28-26/h3-12,17H,13-16H2,1-2H3. The summed E-state index contributed by atoms with van der Waals surface area (Å²) in [6.07, 6.45) is 3.46. The van der Waals surface area contributed by atoms with E-state index in [1.54, 1.807) is 18.5 Å². The highest BCUT2D eigenvalue weighted by Gasteiger charge is 2.43. The highest BCUT2D eigenvalue weighted by Crippen LogP contribution is 2.36. The van der Waals surface area contributed by atoms with Crippen molar-refractivity contribution in [1.82, 2.24) is 14.9 Å². The van der Waals surface area contributed by atoms with Gasteiger partial charge in [0.15, 0.2) is 0 Å². The smallest absolute Gasteiger partial charge is 0.282 e. The second-order valence-corrected chi connectivity index (χ2v) is 8.35. The maximum absolute atomic E-state index is 13.8. The molecule has 3 heterocycles. The molecule has 0 aliphatic carbocycles. The van der Waals surface area contributed by atoms with E-state index in [1.165, 1.54) is 4.90 Å². The van der Waals surface area contributed by atoms with E-state index >= 15 is 0 Å². The number of benzene rings is 2. The molecule has 166 valence electrons. The number of nitrogens with zero attached hydrogens (tertiary/aromatic N) is 5. The first-order chi connectivity index (χ1) is 16.0. The maximum Gasteiger partial charge on any atom is 0.282 e. The third kappa shape index (κ3) is 3.75. The number of aryl methyl sites for hydroxylation is 2. The number of imide groups is 1. The molecule has 5 rings (SSSR count). The summed E-state index contributed by atoms with van der Waals surface area (Å²) in [7, 11) is 0. The summed E-state index contributed by atoms with van der Waals surface area (Å²) in [5.74, 6) is 0.136. The van der Waals surface area contributed by atoms with E-state index in [4.69, 9.17) is 0 Å². The van der Waals surface area contributed by atoms with E-state index in [-0.39, 0.29) is 11.8 Å². The molecule has 2 aliphatic rings. The van der Waals surface area contributed by atoms with E-state index in [0.29, 0.717) is 49.1 Å². The molecular formula is C26H25N5O2. The lowest BCUT2D eigenvalue weighted by atomic mass is 10.0. The van der Waals surface area contributed by atoms with E-state index in [2.05, 4.69) is 14.9 Å². The summed E-state index contributed by atoms with van der Waals surface area (Å²) in [5.41, 5.74) is 4.31. The van der Waals surface area contributed by atoms with Crippen LogP contribution in [0.15, 0.2) is 72.7 Å². The Hall–Kier alpha value is -4.00. The number of piperazine rings is 1. The van der Waals surface area contributed by atoms with E-state index in [1.807, 2.05) is 67.3 Å². The van der Waals surface area contributed by atoms with Gasteiger partial charge in [0.1, 0.15) is 5.70 Å². The van der Waals surface area contributed by atoms with Gasteiger partial charge in [-0.3, -0.25) is 9.59 Å². The molecule has 2 aromatic carbocycles. The molecule has 0 saturated carbocycles. The van der Waals surface area contributed by atoms with Crippen molar-refractivity contribution in [3.05, 3.63) is 89.4 Å². The largest absolute Gasteiger partial charge is 0.363 e. The minimum atomic E-state index is -0.276. The van der Waals surface area contributed by atoms with Crippen LogP contribution in [-0.4, -0.2) is 52.9 Å². The third-order valence-electron chi connectivity index (χ3n) is 6.15. The number of hydrogen-bond donors (Lipinski definition) is 0. The number of rotatable bonds is 4. The molecule has 7 heteroatoms. The zero-order chi connectivity index (χ0) is 22.9. The average molecular weight is 440 g/mol. The van der Waals surface area contributed by atoms with Gasteiger partial charge in [-0.05, 0) is 37.1 Å². The Morgan fingerprint density at radius 3 is 2.09 bits per heavy atom. The minimum absolute atomic E-state index is 0.268. The lowest BCUT2D eigenvalue weighted by molar-refractivity contribution is -0.120. The Morgan fingerprint density at radius 1 is 0.758 bits per heavy atom. The highest BCUT2D eigenvalue weighted by atomic mass is 16.2. The lowest BCUT2D eigenvalue weighted by Crippen LogP contribution is -2.48. The van der Waals surface area contributed by atoms with Crippen molar-refractivity contribution in [3.63, 3.8) is 0 Å². The molecule has 1 fully saturated rings. The van der Waals surface area contributed by atoms with E-state index in [9.17, 15) is 9.59 Å². The van der Waals surface area contributed by atoms with Gasteiger partial charge in [-0.2, -0.15) is 0 Å². The van der Waals surface area contributed by atoms with Crippen molar-refractivity contribution in [3.8, 4) is 0 Å². The molecule has 2 aliphatic heterocycles. The van der Waals surface area contributed by atoms with Gasteiger partial charge in [0.05, 0.1) is 11.3 Å². The molecule has 7 nitrogen and oxygen atoms in total. The fourth-order valence-corrected chi connectivity index (χ4v) is 4.54. The van der Waals surface area contributed by atoms with Gasteiger partial charge in [0, 0.05) is 38.6 Å². The fraction of sp³-hybridized carbons (Fsp3) is 0.231. The Kier molecular flexibility index (Phi) is 5.38. The second kappa shape index (κ2) is 8.50. The van der Waals surface area contributed by atoms with Crippen molar-refractivity contribution in [2.45, 2.75) is 13.8 Å². The summed E-state index contributed by atoms with van der Waals surface area (Å²) < 4.78 is 0. The quantitative estimate of drug-likeness (QED) is 0.582. The van der Waals surface area contributed by atoms with Crippen LogP contribution in [0.2, 0.25) is 0 Å². The average Bonchev–Trinajstić information content (AvgIpc) is 3.10. The molecular weight excluding hydrogens is 414 g/mol. The van der Waals surface area contributed by atoms with Crippen LogP contribution < -0.4 is 9.80 Å². The SMILES string of the molecule is Cc1ccc(N2C(=O)C(c3ccccc3)=C(N3CCN(c4ncccn4)CC3)C2=O)c(C)c1.